The molecule has 1 aromatic carbocycles. The lowest BCUT2D eigenvalue weighted by molar-refractivity contribution is -0.173. The third kappa shape index (κ3) is 6.06. The highest BCUT2D eigenvalue weighted by molar-refractivity contribution is 6.02. The summed E-state index contributed by atoms with van der Waals surface area (Å²) in [6.07, 6.45) is -0.337. The summed E-state index contributed by atoms with van der Waals surface area (Å²) in [4.78, 5) is 39.1. The van der Waals surface area contributed by atoms with Crippen molar-refractivity contribution in [1.82, 2.24) is 0 Å². The van der Waals surface area contributed by atoms with E-state index in [0.29, 0.717) is 11.3 Å². The third-order valence-corrected chi connectivity index (χ3v) is 5.37. The molecule has 1 aromatic rings. The summed E-state index contributed by atoms with van der Waals surface area (Å²) in [7, 11) is 1.50. The number of ether oxygens (including phenoxy) is 3. The normalized spacial score (nSPS) is 26.1. The Bertz CT molecular complexity index is 797. The Morgan fingerprint density at radius 2 is 1.68 bits per heavy atom. The number of rotatable bonds is 8. The third-order valence-electron chi connectivity index (χ3n) is 5.37. The molecule has 0 radical (unpaired) electrons. The number of esters is 2. The first-order valence-electron chi connectivity index (χ1n) is 10.7. The molecule has 0 saturated heterocycles. The molecule has 0 amide bonds. The summed E-state index contributed by atoms with van der Waals surface area (Å²) < 4.78 is 16.1. The summed E-state index contributed by atoms with van der Waals surface area (Å²) in [5.41, 5.74) is -1.14. The first-order valence-corrected chi connectivity index (χ1v) is 10.7. The van der Waals surface area contributed by atoms with Crippen molar-refractivity contribution in [3.8, 4) is 5.75 Å². The van der Waals surface area contributed by atoms with Crippen molar-refractivity contribution < 1.29 is 33.7 Å². The van der Waals surface area contributed by atoms with E-state index < -0.39 is 41.1 Å². The quantitative estimate of drug-likeness (QED) is 0.496. The van der Waals surface area contributed by atoms with Gasteiger partial charge in [0.25, 0.3) is 0 Å². The molecule has 7 heteroatoms. The zero-order chi connectivity index (χ0) is 23.3. The summed E-state index contributed by atoms with van der Waals surface area (Å²) in [5, 5.41) is 11.1. The Kier molecular flexibility index (Phi) is 8.23. The van der Waals surface area contributed by atoms with Gasteiger partial charge in [-0.15, -0.1) is 0 Å². The van der Waals surface area contributed by atoms with E-state index in [4.69, 9.17) is 14.2 Å². The molecule has 7 nitrogen and oxygen atoms in total. The maximum absolute atomic E-state index is 13.1. The summed E-state index contributed by atoms with van der Waals surface area (Å²) in [5.74, 6) is -4.36. The van der Waals surface area contributed by atoms with Gasteiger partial charge < -0.3 is 19.3 Å². The van der Waals surface area contributed by atoms with Gasteiger partial charge in [0.2, 0.25) is 0 Å². The Balaban J connectivity index is 2.55. The van der Waals surface area contributed by atoms with E-state index >= 15 is 0 Å². The van der Waals surface area contributed by atoms with E-state index in [1.54, 1.807) is 24.3 Å². The highest BCUT2D eigenvalue weighted by Crippen LogP contribution is 2.47. The molecule has 4 atom stereocenters. The van der Waals surface area contributed by atoms with E-state index in [0.717, 1.165) is 0 Å². The van der Waals surface area contributed by atoms with Crippen molar-refractivity contribution in [2.24, 2.45) is 23.7 Å². The maximum Gasteiger partial charge on any atom is 0.317 e. The molecule has 0 unspecified atom stereocenters. The topological polar surface area (TPSA) is 99.1 Å². The monoisotopic (exact) mass is 434 g/mol. The minimum absolute atomic E-state index is 0.0906. The Morgan fingerprint density at radius 3 is 2.23 bits per heavy atom. The van der Waals surface area contributed by atoms with Crippen molar-refractivity contribution in [2.45, 2.75) is 52.6 Å². The second-order valence-corrected chi connectivity index (χ2v) is 9.31. The van der Waals surface area contributed by atoms with Crippen molar-refractivity contribution in [3.05, 3.63) is 29.8 Å². The SMILES string of the molecule is COc1cccc([C@@H]2[C@@H](C(=O)OCC(C)C)C(=O)C[C@](C)(O)[C@H]2C(=O)OCC(C)C)c1. The first kappa shape index (κ1) is 24.9. The maximum atomic E-state index is 13.1. The lowest BCUT2D eigenvalue weighted by atomic mass is 9.61. The van der Waals surface area contributed by atoms with Gasteiger partial charge in [-0.05, 0) is 36.5 Å². The molecule has 0 aliphatic heterocycles. The lowest BCUT2D eigenvalue weighted by Gasteiger charge is -2.43. The van der Waals surface area contributed by atoms with Gasteiger partial charge in [-0.25, -0.2) is 0 Å². The van der Waals surface area contributed by atoms with Crippen LogP contribution in [0.2, 0.25) is 0 Å². The second-order valence-electron chi connectivity index (χ2n) is 9.31. The fourth-order valence-corrected chi connectivity index (χ4v) is 3.94. The van der Waals surface area contributed by atoms with E-state index in [2.05, 4.69) is 0 Å². The van der Waals surface area contributed by atoms with E-state index in [1.165, 1.54) is 14.0 Å². The van der Waals surface area contributed by atoms with Crippen LogP contribution < -0.4 is 4.74 Å². The van der Waals surface area contributed by atoms with Crippen LogP contribution in [0.3, 0.4) is 0 Å². The van der Waals surface area contributed by atoms with E-state index in [1.807, 2.05) is 27.7 Å². The van der Waals surface area contributed by atoms with Gasteiger partial charge >= 0.3 is 11.9 Å². The second kappa shape index (κ2) is 10.3. The van der Waals surface area contributed by atoms with Crippen molar-refractivity contribution in [2.75, 3.05) is 20.3 Å². The minimum Gasteiger partial charge on any atom is -0.497 e. The van der Waals surface area contributed by atoms with Crippen molar-refractivity contribution in [3.63, 3.8) is 0 Å². The summed E-state index contributed by atoms with van der Waals surface area (Å²) in [6.45, 7) is 9.37. The molecule has 1 saturated carbocycles. The highest BCUT2D eigenvalue weighted by Gasteiger charge is 2.57. The van der Waals surface area contributed by atoms with Gasteiger partial charge in [-0.1, -0.05) is 39.8 Å². The van der Waals surface area contributed by atoms with Crippen LogP contribution in [-0.2, 0) is 23.9 Å². The highest BCUT2D eigenvalue weighted by atomic mass is 16.5. The molecule has 0 aromatic heterocycles. The van der Waals surface area contributed by atoms with Crippen LogP contribution in [0.1, 0.15) is 52.5 Å². The number of methoxy groups -OCH3 is 1. The number of benzene rings is 1. The van der Waals surface area contributed by atoms with Crippen molar-refractivity contribution in [1.29, 1.82) is 0 Å². The smallest absolute Gasteiger partial charge is 0.317 e. The molecule has 1 aliphatic carbocycles. The fraction of sp³-hybridized carbons (Fsp3) is 0.625. The molecule has 31 heavy (non-hydrogen) atoms. The number of hydrogen-bond donors (Lipinski definition) is 1. The average molecular weight is 435 g/mol. The van der Waals surface area contributed by atoms with E-state index in [-0.39, 0.29) is 31.5 Å². The van der Waals surface area contributed by atoms with Gasteiger partial charge in [-0.2, -0.15) is 0 Å². The van der Waals surface area contributed by atoms with Gasteiger partial charge in [-0.3, -0.25) is 14.4 Å². The predicted octanol–water partition coefficient (Wildman–Crippen LogP) is 3.13. The lowest BCUT2D eigenvalue weighted by Crippen LogP contribution is -2.55. The Morgan fingerprint density at radius 1 is 1.10 bits per heavy atom. The van der Waals surface area contributed by atoms with Crippen LogP contribution in [0.5, 0.6) is 5.75 Å². The molecule has 1 fully saturated rings. The molecule has 0 bridgehead atoms. The van der Waals surface area contributed by atoms with Gasteiger partial charge in [0, 0.05) is 12.3 Å². The van der Waals surface area contributed by atoms with Crippen LogP contribution in [0, 0.1) is 23.7 Å². The van der Waals surface area contributed by atoms with Crippen molar-refractivity contribution >= 4 is 17.7 Å². The average Bonchev–Trinajstić information content (AvgIpc) is 2.69. The Hall–Kier alpha value is -2.41. The molecular formula is C24H34O7. The summed E-state index contributed by atoms with van der Waals surface area (Å²) >= 11 is 0. The van der Waals surface area contributed by atoms with Crippen LogP contribution in [0.25, 0.3) is 0 Å². The van der Waals surface area contributed by atoms with Crippen LogP contribution in [0.4, 0.5) is 0 Å². The van der Waals surface area contributed by atoms with Crippen LogP contribution in [0.15, 0.2) is 24.3 Å². The summed E-state index contributed by atoms with van der Waals surface area (Å²) in [6, 6.07) is 6.83. The van der Waals surface area contributed by atoms with E-state index in [9.17, 15) is 19.5 Å². The number of aliphatic hydroxyl groups is 1. The standard InChI is InChI=1S/C24H34O7/c1-14(2)12-30-22(26)20-18(25)11-24(5,28)21(23(27)31-13-15(3)4)19(20)16-8-7-9-17(10-16)29-6/h7-10,14-15,19-21,28H,11-13H2,1-6H3/t19-,20+,21-,24+/m1/s1. The number of ketones is 1. The number of hydrogen-bond acceptors (Lipinski definition) is 7. The molecule has 2 rings (SSSR count). The number of Topliss-reactive ketones (excluding diaryl/α,β-unsaturated/α-hetero) is 1. The molecule has 0 spiro atoms. The largest absolute Gasteiger partial charge is 0.497 e. The number of carbonyl (C=O) groups is 3. The molecule has 172 valence electrons. The molecule has 1 aliphatic rings. The van der Waals surface area contributed by atoms with Crippen LogP contribution in [-0.4, -0.2) is 48.8 Å². The molecule has 0 heterocycles. The zero-order valence-electron chi connectivity index (χ0n) is 19.2. The van der Waals surface area contributed by atoms with Gasteiger partial charge in [0.1, 0.15) is 11.7 Å². The van der Waals surface area contributed by atoms with Crippen LogP contribution >= 0.6 is 0 Å². The van der Waals surface area contributed by atoms with Gasteiger partial charge in [0.05, 0.1) is 31.8 Å². The number of carbonyl (C=O) groups excluding carboxylic acids is 3. The Labute approximate surface area is 184 Å². The fourth-order valence-electron chi connectivity index (χ4n) is 3.94. The minimum atomic E-state index is -1.67. The zero-order valence-corrected chi connectivity index (χ0v) is 19.2. The first-order chi connectivity index (χ1) is 14.5. The predicted molar refractivity (Wildman–Crippen MR) is 115 cm³/mol. The van der Waals surface area contributed by atoms with Gasteiger partial charge in [0.15, 0.2) is 5.78 Å². The molecule has 1 N–H and O–H groups in total. The molecular weight excluding hydrogens is 400 g/mol.